The molecule has 5 N–H and O–H groups in total. The van der Waals surface area contributed by atoms with Crippen LogP contribution >= 0.6 is 0 Å². The number of fused-ring (bicyclic) bond motifs is 5. The third-order valence-electron chi connectivity index (χ3n) is 12.6. The van der Waals surface area contributed by atoms with Crippen molar-refractivity contribution in [3.63, 3.8) is 0 Å². The highest BCUT2D eigenvalue weighted by Gasteiger charge is 2.78. The quantitative estimate of drug-likeness (QED) is 0.147. The lowest BCUT2D eigenvalue weighted by atomic mass is 9.44. The smallest absolute Gasteiger partial charge is 0.408 e. The Kier molecular flexibility index (Phi) is 11.2. The summed E-state index contributed by atoms with van der Waals surface area (Å²) in [5, 5.41) is 51.6. The first-order chi connectivity index (χ1) is 27.0. The SMILES string of the molecule is CC(=O)O[C@@]12CO[C@@H]1C[C@H](O)[C@@]1(C)C(=O)[C@H](O)C3=C(C)C(OC(=O)C(O)C(NC(=O)OC(C)(C)C)c4ccccc4)C[C@@](O)(C(OC(=O)c4ccccc4)[C@H]21)C3(C)C. The number of hydrogen-bond donors (Lipinski definition) is 5. The predicted molar refractivity (Wildman–Crippen MR) is 204 cm³/mol. The average molecular weight is 808 g/mol. The average Bonchev–Trinajstić information content (AvgIpc) is 3.14. The Balaban J connectivity index is 1.49. The van der Waals surface area contributed by atoms with Gasteiger partial charge in [-0.1, -0.05) is 62.4 Å². The van der Waals surface area contributed by atoms with Crippen molar-refractivity contribution in [2.24, 2.45) is 16.7 Å². The van der Waals surface area contributed by atoms with E-state index >= 15 is 0 Å². The van der Waals surface area contributed by atoms with Crippen molar-refractivity contribution in [1.29, 1.82) is 0 Å². The van der Waals surface area contributed by atoms with Crippen molar-refractivity contribution in [1.82, 2.24) is 5.32 Å². The summed E-state index contributed by atoms with van der Waals surface area (Å²) in [7, 11) is 0. The first kappa shape index (κ1) is 42.9. The van der Waals surface area contributed by atoms with Gasteiger partial charge in [0.2, 0.25) is 0 Å². The number of esters is 3. The number of Topliss-reactive ketones (excluding diaryl/α,β-unsaturated/α-hetero) is 1. The van der Waals surface area contributed by atoms with Gasteiger partial charge in [0, 0.05) is 25.2 Å². The molecule has 2 aromatic carbocycles. The molecule has 2 aromatic rings. The number of ketones is 1. The second kappa shape index (κ2) is 15.2. The van der Waals surface area contributed by atoms with Crippen LogP contribution in [-0.4, -0.2) is 110 Å². The molecular weight excluding hydrogens is 754 g/mol. The Labute approximate surface area is 336 Å². The van der Waals surface area contributed by atoms with E-state index in [1.54, 1.807) is 83.1 Å². The summed E-state index contributed by atoms with van der Waals surface area (Å²) in [5.74, 6) is -5.36. The fourth-order valence-electron chi connectivity index (χ4n) is 9.56. The largest absolute Gasteiger partial charge is 0.456 e. The number of hydrogen-bond acceptors (Lipinski definition) is 14. The number of benzene rings is 2. The Bertz CT molecular complexity index is 1980. The zero-order valence-electron chi connectivity index (χ0n) is 33.9. The van der Waals surface area contributed by atoms with E-state index in [1.807, 2.05) is 0 Å². The van der Waals surface area contributed by atoms with Gasteiger partial charge >= 0.3 is 24.0 Å². The summed E-state index contributed by atoms with van der Waals surface area (Å²) in [6.45, 7) is 11.8. The Hall–Kier alpha value is -4.67. The van der Waals surface area contributed by atoms with Gasteiger partial charge in [0.05, 0.1) is 35.6 Å². The molecule has 314 valence electrons. The highest BCUT2D eigenvalue weighted by atomic mass is 16.6. The summed E-state index contributed by atoms with van der Waals surface area (Å²) in [5.41, 5.74) is -8.14. The van der Waals surface area contributed by atoms with Gasteiger partial charge in [-0.2, -0.15) is 0 Å². The molecule has 4 aliphatic rings. The number of nitrogens with one attached hydrogen (secondary N) is 1. The van der Waals surface area contributed by atoms with E-state index in [4.69, 9.17) is 23.7 Å². The molecule has 0 spiro atoms. The number of alkyl carbamates (subject to hydrolysis) is 1. The summed E-state index contributed by atoms with van der Waals surface area (Å²) >= 11 is 0. The fourth-order valence-corrected chi connectivity index (χ4v) is 9.56. The third kappa shape index (κ3) is 7.10. The highest BCUT2D eigenvalue weighted by molar-refractivity contribution is 5.94. The molecule has 15 heteroatoms. The number of ether oxygens (including phenoxy) is 5. The highest BCUT2D eigenvalue weighted by Crippen LogP contribution is 2.64. The van der Waals surface area contributed by atoms with Crippen molar-refractivity contribution in [3.05, 3.63) is 82.9 Å². The maximum atomic E-state index is 14.9. The monoisotopic (exact) mass is 807 g/mol. The second-order valence-corrected chi connectivity index (χ2v) is 17.6. The van der Waals surface area contributed by atoms with E-state index in [0.717, 1.165) is 6.92 Å². The van der Waals surface area contributed by atoms with Gasteiger partial charge in [0.1, 0.15) is 35.6 Å². The molecule has 0 radical (unpaired) electrons. The van der Waals surface area contributed by atoms with E-state index < -0.39 is 112 Å². The molecule has 0 aromatic heterocycles. The van der Waals surface area contributed by atoms with Crippen molar-refractivity contribution >= 4 is 29.8 Å². The molecule has 11 atom stereocenters. The van der Waals surface area contributed by atoms with E-state index in [9.17, 15) is 44.4 Å². The molecule has 3 aliphatic carbocycles. The molecule has 4 unspecified atom stereocenters. The minimum atomic E-state index is -2.35. The summed E-state index contributed by atoms with van der Waals surface area (Å²) in [6, 6.07) is 14.6. The van der Waals surface area contributed by atoms with Crippen LogP contribution in [0.15, 0.2) is 71.8 Å². The lowest BCUT2D eigenvalue weighted by Crippen LogP contribution is -2.81. The molecule has 58 heavy (non-hydrogen) atoms. The summed E-state index contributed by atoms with van der Waals surface area (Å²) in [6.07, 6.45) is -11.5. The zero-order valence-corrected chi connectivity index (χ0v) is 33.9. The number of amides is 1. The van der Waals surface area contributed by atoms with Crippen molar-refractivity contribution in [2.75, 3.05) is 6.61 Å². The van der Waals surface area contributed by atoms with Crippen LogP contribution in [0.5, 0.6) is 0 Å². The standard InChI is InChI=1S/C43H53NO14/c1-22-26(55-37(51)32(48)30(24-15-11-9-12-16-24)44-38(52)58-39(3,4)5)20-43(53)35(56-36(50)25-17-13-10-14-18-25)33-41(8,34(49)31(47)29(22)40(43,6)7)27(46)19-28-42(33,21-54-28)57-23(2)45/h9-18,26-28,30-33,35,46-48,53H,19-21H2,1-8H3,(H,44,52)/t26?,27-,28+,30?,31+,32?,33-,35?,41+,42-,43+/m0/s1. The minimum Gasteiger partial charge on any atom is -0.456 e. The van der Waals surface area contributed by atoms with Gasteiger partial charge in [0.25, 0.3) is 0 Å². The molecule has 1 amide bonds. The molecule has 1 saturated heterocycles. The molecule has 1 heterocycles. The van der Waals surface area contributed by atoms with Gasteiger partial charge in [-0.05, 0) is 63.5 Å². The van der Waals surface area contributed by atoms with Crippen molar-refractivity contribution in [3.8, 4) is 0 Å². The van der Waals surface area contributed by atoms with Gasteiger partial charge in [0.15, 0.2) is 17.5 Å². The van der Waals surface area contributed by atoms with Crippen LogP contribution in [0.1, 0.15) is 90.2 Å². The normalized spacial score (nSPS) is 33.7. The minimum absolute atomic E-state index is 0.0637. The molecule has 6 rings (SSSR count). The Morgan fingerprint density at radius 1 is 0.948 bits per heavy atom. The Morgan fingerprint density at radius 3 is 2.10 bits per heavy atom. The number of aliphatic hydroxyl groups excluding tert-OH is 3. The van der Waals surface area contributed by atoms with Gasteiger partial charge in [-0.25, -0.2) is 14.4 Å². The first-order valence-electron chi connectivity index (χ1n) is 19.3. The maximum absolute atomic E-state index is 14.9. The predicted octanol–water partition coefficient (Wildman–Crippen LogP) is 3.26. The summed E-state index contributed by atoms with van der Waals surface area (Å²) in [4.78, 5) is 68.9. The van der Waals surface area contributed by atoms with Crippen LogP contribution in [-0.2, 0) is 38.1 Å². The number of rotatable bonds is 8. The molecule has 2 bridgehead atoms. The molecule has 1 aliphatic heterocycles. The van der Waals surface area contributed by atoms with Crippen molar-refractivity contribution in [2.45, 2.75) is 128 Å². The van der Waals surface area contributed by atoms with Crippen LogP contribution in [0.3, 0.4) is 0 Å². The fraction of sp³-hybridized carbons (Fsp3) is 0.558. The van der Waals surface area contributed by atoms with E-state index in [0.29, 0.717) is 5.56 Å². The zero-order chi connectivity index (χ0) is 42.7. The van der Waals surface area contributed by atoms with Crippen LogP contribution in [0.2, 0.25) is 0 Å². The third-order valence-corrected chi connectivity index (χ3v) is 12.6. The molecule has 3 fully saturated rings. The lowest BCUT2D eigenvalue weighted by molar-refractivity contribution is -0.346. The van der Waals surface area contributed by atoms with Gasteiger partial charge in [-0.3, -0.25) is 9.59 Å². The molecular formula is C43H53NO14. The van der Waals surface area contributed by atoms with Gasteiger partial charge < -0.3 is 49.4 Å². The topological polar surface area (TPSA) is 224 Å². The van der Waals surface area contributed by atoms with Crippen LogP contribution in [0, 0.1) is 16.7 Å². The van der Waals surface area contributed by atoms with E-state index in [1.165, 1.54) is 26.0 Å². The van der Waals surface area contributed by atoms with Crippen LogP contribution in [0.25, 0.3) is 0 Å². The maximum Gasteiger partial charge on any atom is 0.408 e. The van der Waals surface area contributed by atoms with Crippen molar-refractivity contribution < 1.29 is 68.1 Å². The Morgan fingerprint density at radius 2 is 1.55 bits per heavy atom. The van der Waals surface area contributed by atoms with E-state index in [-0.39, 0.29) is 29.7 Å². The molecule has 2 saturated carbocycles. The van der Waals surface area contributed by atoms with E-state index in [2.05, 4.69) is 5.32 Å². The number of carbonyl (C=O) groups excluding carboxylic acids is 5. The van der Waals surface area contributed by atoms with Gasteiger partial charge in [-0.15, -0.1) is 0 Å². The number of aliphatic hydroxyl groups is 4. The molecule has 15 nitrogen and oxygen atoms in total. The second-order valence-electron chi connectivity index (χ2n) is 17.6. The van der Waals surface area contributed by atoms with Crippen LogP contribution < -0.4 is 5.32 Å². The first-order valence-corrected chi connectivity index (χ1v) is 19.3. The summed E-state index contributed by atoms with van der Waals surface area (Å²) < 4.78 is 29.5. The lowest BCUT2D eigenvalue weighted by Gasteiger charge is -2.67. The van der Waals surface area contributed by atoms with Crippen LogP contribution in [0.4, 0.5) is 4.79 Å². The number of carbonyl (C=O) groups is 5.